The molecule has 4 aliphatic rings. The van der Waals surface area contributed by atoms with Gasteiger partial charge in [-0.15, -0.1) is 0 Å². The van der Waals surface area contributed by atoms with Crippen molar-refractivity contribution in [3.05, 3.63) is 59.9 Å². The molecular weight excluding hydrogens is 322 g/mol. The summed E-state index contributed by atoms with van der Waals surface area (Å²) in [6, 6.07) is 16.5. The van der Waals surface area contributed by atoms with E-state index < -0.39 is 0 Å². The smallest absolute Gasteiger partial charge is 0.122 e. The van der Waals surface area contributed by atoms with Crippen LogP contribution in [0.4, 0.5) is 0 Å². The Hall–Kier alpha value is -1.91. The summed E-state index contributed by atoms with van der Waals surface area (Å²) < 4.78 is 5.40. The van der Waals surface area contributed by atoms with Crippen LogP contribution < -0.4 is 4.74 Å². The predicted octanol–water partition coefficient (Wildman–Crippen LogP) is 3.15. The number of aromatic nitrogens is 1. The first-order valence-corrected chi connectivity index (χ1v) is 9.85. The number of ether oxygens (including phenoxy) is 1. The third-order valence-electron chi connectivity index (χ3n) is 6.71. The molecule has 3 atom stereocenters. The third kappa shape index (κ3) is 2.72. The summed E-state index contributed by atoms with van der Waals surface area (Å²) in [5, 5.41) is 0. The summed E-state index contributed by atoms with van der Waals surface area (Å²) in [4.78, 5) is 10.1. The SMILES string of the molecule is COc1ccnc(CN2C[C@@H](c3ccccc3)[C@@H]3[C@H]2C2CCN3CC2)c1. The number of likely N-dealkylation sites (tertiary alicyclic amines) is 1. The van der Waals surface area contributed by atoms with E-state index in [1.54, 1.807) is 7.11 Å². The molecule has 4 fully saturated rings. The molecule has 26 heavy (non-hydrogen) atoms. The second-order valence-corrected chi connectivity index (χ2v) is 7.99. The zero-order valence-electron chi connectivity index (χ0n) is 15.4. The Labute approximate surface area is 155 Å². The normalized spacial score (nSPS) is 33.2. The van der Waals surface area contributed by atoms with Crippen LogP contribution in [0.5, 0.6) is 5.75 Å². The number of rotatable bonds is 4. The first-order valence-electron chi connectivity index (χ1n) is 9.85. The minimum Gasteiger partial charge on any atom is -0.497 e. The van der Waals surface area contributed by atoms with Gasteiger partial charge in [0.15, 0.2) is 0 Å². The van der Waals surface area contributed by atoms with Gasteiger partial charge < -0.3 is 4.74 Å². The zero-order valence-corrected chi connectivity index (χ0v) is 15.4. The van der Waals surface area contributed by atoms with Crippen LogP contribution in [0, 0.1) is 5.92 Å². The summed E-state index contributed by atoms with van der Waals surface area (Å²) in [6.07, 6.45) is 4.57. The zero-order chi connectivity index (χ0) is 17.5. The van der Waals surface area contributed by atoms with E-state index in [2.05, 4.69) is 51.2 Å². The lowest BCUT2D eigenvalue weighted by Gasteiger charge is -2.51. The van der Waals surface area contributed by atoms with Crippen LogP contribution in [-0.2, 0) is 6.54 Å². The van der Waals surface area contributed by atoms with Crippen LogP contribution in [0.25, 0.3) is 0 Å². The predicted molar refractivity (Wildman–Crippen MR) is 102 cm³/mol. The van der Waals surface area contributed by atoms with Gasteiger partial charge in [0.2, 0.25) is 0 Å². The van der Waals surface area contributed by atoms with Gasteiger partial charge in [-0.3, -0.25) is 14.8 Å². The fourth-order valence-electron chi connectivity index (χ4n) is 5.59. The monoisotopic (exact) mass is 349 g/mol. The Kier molecular flexibility index (Phi) is 4.18. The fraction of sp³-hybridized carbons (Fsp3) is 0.500. The van der Waals surface area contributed by atoms with Crippen molar-refractivity contribution in [3.8, 4) is 5.75 Å². The highest BCUT2D eigenvalue weighted by molar-refractivity contribution is 5.28. The molecule has 5 heterocycles. The van der Waals surface area contributed by atoms with E-state index in [1.807, 2.05) is 12.3 Å². The van der Waals surface area contributed by atoms with Crippen LogP contribution in [0.2, 0.25) is 0 Å². The van der Waals surface area contributed by atoms with E-state index in [9.17, 15) is 0 Å². The molecule has 0 saturated carbocycles. The Morgan fingerprint density at radius 2 is 1.88 bits per heavy atom. The van der Waals surface area contributed by atoms with E-state index in [0.717, 1.165) is 30.5 Å². The molecule has 0 unspecified atom stereocenters. The number of pyridine rings is 1. The van der Waals surface area contributed by atoms with Crippen LogP contribution in [0.3, 0.4) is 0 Å². The van der Waals surface area contributed by atoms with E-state index in [-0.39, 0.29) is 0 Å². The van der Waals surface area contributed by atoms with Gasteiger partial charge in [-0.25, -0.2) is 0 Å². The van der Waals surface area contributed by atoms with Gasteiger partial charge in [0.1, 0.15) is 5.75 Å². The Morgan fingerprint density at radius 3 is 2.65 bits per heavy atom. The largest absolute Gasteiger partial charge is 0.497 e. The standard InChI is InChI=1S/C22H27N3O/c1-26-19-7-10-23-18(13-19)14-25-15-20(16-5-3-2-4-6-16)22-21(25)17-8-11-24(22)12-9-17/h2-7,10,13,17,20-22H,8-9,11-12,14-15H2,1H3/t20-,21+,22+/m0/s1. The maximum atomic E-state index is 5.40. The molecule has 0 amide bonds. The van der Waals surface area contributed by atoms with E-state index in [4.69, 9.17) is 4.74 Å². The number of hydrogen-bond donors (Lipinski definition) is 0. The van der Waals surface area contributed by atoms with E-state index >= 15 is 0 Å². The first kappa shape index (κ1) is 16.3. The van der Waals surface area contributed by atoms with Crippen molar-refractivity contribution in [2.75, 3.05) is 26.7 Å². The molecule has 0 spiro atoms. The van der Waals surface area contributed by atoms with Gasteiger partial charge in [0.25, 0.3) is 0 Å². The average molecular weight is 349 g/mol. The lowest BCUT2D eigenvalue weighted by Crippen LogP contribution is -2.60. The van der Waals surface area contributed by atoms with Gasteiger partial charge in [-0.2, -0.15) is 0 Å². The molecule has 6 rings (SSSR count). The number of fused-ring (bicyclic) bond motifs is 2. The lowest BCUT2D eigenvalue weighted by atomic mass is 9.75. The molecule has 2 bridgehead atoms. The number of methoxy groups -OCH3 is 1. The van der Waals surface area contributed by atoms with Gasteiger partial charge >= 0.3 is 0 Å². The van der Waals surface area contributed by atoms with Crippen molar-refractivity contribution in [1.82, 2.24) is 14.8 Å². The van der Waals surface area contributed by atoms with Crippen LogP contribution in [0.1, 0.15) is 30.0 Å². The quantitative estimate of drug-likeness (QED) is 0.848. The molecule has 1 aromatic carbocycles. The molecule has 4 saturated heterocycles. The highest BCUT2D eigenvalue weighted by atomic mass is 16.5. The van der Waals surface area contributed by atoms with Crippen molar-refractivity contribution in [3.63, 3.8) is 0 Å². The molecule has 0 radical (unpaired) electrons. The molecule has 4 heteroatoms. The Balaban J connectivity index is 1.46. The van der Waals surface area contributed by atoms with Crippen molar-refractivity contribution < 1.29 is 4.74 Å². The number of nitrogens with zero attached hydrogens (tertiary/aromatic N) is 3. The van der Waals surface area contributed by atoms with Gasteiger partial charge in [-0.1, -0.05) is 30.3 Å². The summed E-state index contributed by atoms with van der Waals surface area (Å²) in [5.41, 5.74) is 2.62. The molecule has 2 aromatic rings. The van der Waals surface area contributed by atoms with Gasteiger partial charge in [0, 0.05) is 43.4 Å². The van der Waals surface area contributed by atoms with Crippen LogP contribution in [-0.4, -0.2) is 53.6 Å². The summed E-state index contributed by atoms with van der Waals surface area (Å²) in [6.45, 7) is 4.61. The van der Waals surface area contributed by atoms with Crippen molar-refractivity contribution in [1.29, 1.82) is 0 Å². The highest BCUT2D eigenvalue weighted by Crippen LogP contribution is 2.46. The third-order valence-corrected chi connectivity index (χ3v) is 6.71. The molecule has 4 nitrogen and oxygen atoms in total. The minimum absolute atomic E-state index is 0.606. The molecule has 4 aliphatic heterocycles. The summed E-state index contributed by atoms with van der Waals surface area (Å²) in [7, 11) is 1.73. The van der Waals surface area contributed by atoms with E-state index in [1.165, 1.54) is 31.5 Å². The Bertz CT molecular complexity index is 757. The summed E-state index contributed by atoms with van der Waals surface area (Å²) >= 11 is 0. The molecule has 0 aliphatic carbocycles. The second kappa shape index (κ2) is 6.67. The topological polar surface area (TPSA) is 28.6 Å². The van der Waals surface area contributed by atoms with Crippen LogP contribution >= 0.6 is 0 Å². The van der Waals surface area contributed by atoms with Crippen molar-refractivity contribution in [2.45, 2.75) is 37.4 Å². The molecule has 0 N–H and O–H groups in total. The van der Waals surface area contributed by atoms with Gasteiger partial charge in [0.05, 0.1) is 12.8 Å². The maximum Gasteiger partial charge on any atom is 0.122 e. The maximum absolute atomic E-state index is 5.40. The van der Waals surface area contributed by atoms with Crippen LogP contribution in [0.15, 0.2) is 48.7 Å². The second-order valence-electron chi connectivity index (χ2n) is 7.99. The van der Waals surface area contributed by atoms with Crippen molar-refractivity contribution in [2.24, 2.45) is 5.92 Å². The first-order chi connectivity index (χ1) is 12.8. The van der Waals surface area contributed by atoms with Crippen molar-refractivity contribution >= 4 is 0 Å². The average Bonchev–Trinajstić information content (AvgIpc) is 3.11. The molecule has 1 aromatic heterocycles. The fourth-order valence-corrected chi connectivity index (χ4v) is 5.59. The summed E-state index contributed by atoms with van der Waals surface area (Å²) in [5.74, 6) is 2.35. The van der Waals surface area contributed by atoms with Gasteiger partial charge in [-0.05, 0) is 43.5 Å². The minimum atomic E-state index is 0.606. The Morgan fingerprint density at radius 1 is 1.08 bits per heavy atom. The van der Waals surface area contributed by atoms with E-state index in [0.29, 0.717) is 18.0 Å². The number of hydrogen-bond acceptors (Lipinski definition) is 4. The number of piperidine rings is 3. The molecule has 136 valence electrons. The number of benzene rings is 1. The lowest BCUT2D eigenvalue weighted by molar-refractivity contribution is -0.00899. The molecular formula is C22H27N3O. The highest BCUT2D eigenvalue weighted by Gasteiger charge is 2.53.